The first kappa shape index (κ1) is 25.1. The molecule has 0 bridgehead atoms. The van der Waals surface area contributed by atoms with E-state index < -0.39 is 33.7 Å². The molecule has 3 aromatic carbocycles. The Morgan fingerprint density at radius 2 is 1.65 bits per heavy atom. The minimum Gasteiger partial charge on any atom is -0.399 e. The molecule has 0 spiro atoms. The van der Waals surface area contributed by atoms with Crippen LogP contribution in [0.4, 0.5) is 15.8 Å². The molecule has 3 aromatic rings. The number of nitrogens with one attached hydrogen (secondary N) is 1. The normalized spacial score (nSPS) is 18.4. The van der Waals surface area contributed by atoms with Crippen LogP contribution < -0.4 is 11.1 Å². The summed E-state index contributed by atoms with van der Waals surface area (Å²) in [7, 11) is 0. The van der Waals surface area contributed by atoms with Crippen LogP contribution in [0.25, 0.3) is 0 Å². The second-order valence-corrected chi connectivity index (χ2v) is 10.6. The van der Waals surface area contributed by atoms with Crippen molar-refractivity contribution in [1.29, 1.82) is 0 Å². The molecule has 2 atom stereocenters. The summed E-state index contributed by atoms with van der Waals surface area (Å²) in [6.45, 7) is 0. The fourth-order valence-electron chi connectivity index (χ4n) is 3.81. The predicted molar refractivity (Wildman–Crippen MR) is 136 cm³/mol. The van der Waals surface area contributed by atoms with Crippen LogP contribution in [0.5, 0.6) is 0 Å². The quantitative estimate of drug-likeness (QED) is 0.189. The Balaban J connectivity index is 1.52. The number of hydrogen-bond donors (Lipinski definition) is 2. The fraction of sp³-hybridized carbons (Fsp3) is 0.167. The van der Waals surface area contributed by atoms with E-state index in [0.29, 0.717) is 27.0 Å². The molecule has 34 heavy (non-hydrogen) atoms. The monoisotopic (exact) mass is 558 g/mol. The summed E-state index contributed by atoms with van der Waals surface area (Å²) in [5, 5.41) is 3.58. The van der Waals surface area contributed by atoms with E-state index in [1.807, 2.05) is 0 Å². The smallest absolute Gasteiger partial charge is 0.231 e. The van der Waals surface area contributed by atoms with Gasteiger partial charge in [-0.15, -0.1) is 23.2 Å². The lowest BCUT2D eigenvalue weighted by Crippen LogP contribution is -2.17. The van der Waals surface area contributed by atoms with Crippen LogP contribution in [0.15, 0.2) is 54.6 Å². The maximum Gasteiger partial charge on any atom is 0.231 e. The van der Waals surface area contributed by atoms with Crippen molar-refractivity contribution < 1.29 is 14.0 Å². The topological polar surface area (TPSA) is 72.2 Å². The number of carbonyl (C=O) groups is 2. The molecule has 0 unspecified atom stereocenters. The summed E-state index contributed by atoms with van der Waals surface area (Å²) >= 11 is 31.0. The van der Waals surface area contributed by atoms with E-state index in [1.165, 1.54) is 30.3 Å². The molecule has 1 aliphatic rings. The highest BCUT2D eigenvalue weighted by atomic mass is 35.5. The van der Waals surface area contributed by atoms with E-state index >= 15 is 0 Å². The van der Waals surface area contributed by atoms with Gasteiger partial charge in [0.1, 0.15) is 10.2 Å². The highest BCUT2D eigenvalue weighted by Gasteiger charge is 2.67. The minimum absolute atomic E-state index is 0.126. The van der Waals surface area contributed by atoms with E-state index in [2.05, 4.69) is 5.32 Å². The van der Waals surface area contributed by atoms with Crippen molar-refractivity contribution in [3.05, 3.63) is 92.2 Å². The average Bonchev–Trinajstić information content (AvgIpc) is 3.36. The largest absolute Gasteiger partial charge is 0.399 e. The molecule has 4 nitrogen and oxygen atoms in total. The number of alkyl halides is 2. The van der Waals surface area contributed by atoms with Gasteiger partial charge in [0, 0.05) is 29.3 Å². The van der Waals surface area contributed by atoms with E-state index in [-0.39, 0.29) is 22.6 Å². The van der Waals surface area contributed by atoms with Crippen molar-refractivity contribution in [1.82, 2.24) is 0 Å². The number of anilines is 2. The van der Waals surface area contributed by atoms with E-state index in [1.54, 1.807) is 24.3 Å². The van der Waals surface area contributed by atoms with Gasteiger partial charge in [-0.3, -0.25) is 9.59 Å². The van der Waals surface area contributed by atoms with Crippen LogP contribution in [-0.4, -0.2) is 16.0 Å². The van der Waals surface area contributed by atoms with Crippen molar-refractivity contribution >= 4 is 81.1 Å². The molecule has 0 aliphatic heterocycles. The first-order chi connectivity index (χ1) is 16.0. The van der Waals surface area contributed by atoms with Crippen molar-refractivity contribution in [2.24, 2.45) is 5.92 Å². The Morgan fingerprint density at radius 3 is 2.35 bits per heavy atom. The van der Waals surface area contributed by atoms with Crippen LogP contribution in [0.2, 0.25) is 15.1 Å². The summed E-state index contributed by atoms with van der Waals surface area (Å²) in [5.41, 5.74) is 7.29. The van der Waals surface area contributed by atoms with Crippen molar-refractivity contribution in [2.45, 2.75) is 16.7 Å². The number of ketones is 1. The zero-order valence-electron chi connectivity index (χ0n) is 17.2. The minimum atomic E-state index is -1.34. The number of nitrogen functional groups attached to an aromatic ring is 1. The van der Waals surface area contributed by atoms with Crippen molar-refractivity contribution in [3.63, 3.8) is 0 Å². The van der Waals surface area contributed by atoms with E-state index in [0.717, 1.165) is 0 Å². The molecule has 1 fully saturated rings. The number of hydrogen-bond acceptors (Lipinski definition) is 3. The predicted octanol–water partition coefficient (Wildman–Crippen LogP) is 7.32. The third-order valence-corrected chi connectivity index (χ3v) is 7.60. The lowest BCUT2D eigenvalue weighted by Gasteiger charge is -2.10. The summed E-state index contributed by atoms with van der Waals surface area (Å²) in [5.74, 6) is -2.68. The highest BCUT2D eigenvalue weighted by molar-refractivity contribution is 6.53. The number of amides is 1. The molecular formula is C24H16Cl5FN2O2. The second-order valence-electron chi connectivity index (χ2n) is 7.94. The Labute approximate surface area is 220 Å². The molecule has 1 saturated carbocycles. The zero-order chi connectivity index (χ0) is 24.8. The summed E-state index contributed by atoms with van der Waals surface area (Å²) < 4.78 is 12.7. The fourth-order valence-corrected chi connectivity index (χ4v) is 5.17. The number of benzene rings is 3. The van der Waals surface area contributed by atoms with Crippen LogP contribution >= 0.6 is 58.0 Å². The van der Waals surface area contributed by atoms with Gasteiger partial charge in [-0.1, -0.05) is 40.9 Å². The standard InChI is InChI=1S/C24H16Cl5FN2O2/c25-16-5-3-14(10-15(16)20(33)9-12-7-13(31)2-6-19(12)30)32-23(34)22-21(24(22,28)29)11-1-4-17(26)18(27)8-11/h1-8,10,21-22H,9,31H2,(H,32,34)/t21-,22+/m0/s1. The van der Waals surface area contributed by atoms with Gasteiger partial charge in [0.05, 0.1) is 21.0 Å². The summed E-state index contributed by atoms with van der Waals surface area (Å²) in [6.07, 6.45) is -0.248. The Bertz CT molecular complexity index is 1310. The number of Topliss-reactive ketones (excluding diaryl/α,β-unsaturated/α-hetero) is 1. The first-order valence-corrected chi connectivity index (χ1v) is 11.9. The van der Waals surface area contributed by atoms with E-state index in [9.17, 15) is 14.0 Å². The van der Waals surface area contributed by atoms with Crippen LogP contribution in [0.1, 0.15) is 27.4 Å². The molecule has 10 heteroatoms. The third-order valence-electron chi connectivity index (χ3n) is 5.59. The van der Waals surface area contributed by atoms with Gasteiger partial charge >= 0.3 is 0 Å². The van der Waals surface area contributed by atoms with Gasteiger partial charge < -0.3 is 11.1 Å². The van der Waals surface area contributed by atoms with Crippen LogP contribution in [0.3, 0.4) is 0 Å². The Kier molecular flexibility index (Phi) is 7.05. The average molecular weight is 561 g/mol. The molecule has 176 valence electrons. The number of halogens is 6. The summed E-state index contributed by atoms with van der Waals surface area (Å²) in [6, 6.07) is 13.4. The number of nitrogens with two attached hydrogens (primary N) is 1. The highest BCUT2D eigenvalue weighted by Crippen LogP contribution is 2.65. The van der Waals surface area contributed by atoms with E-state index in [4.69, 9.17) is 63.7 Å². The number of rotatable bonds is 6. The molecule has 0 saturated heterocycles. The zero-order valence-corrected chi connectivity index (χ0v) is 21.0. The molecule has 4 rings (SSSR count). The van der Waals surface area contributed by atoms with Gasteiger partial charge in [0.15, 0.2) is 5.78 Å². The maximum atomic E-state index is 14.1. The molecule has 3 N–H and O–H groups in total. The molecular weight excluding hydrogens is 545 g/mol. The lowest BCUT2D eigenvalue weighted by molar-refractivity contribution is -0.117. The van der Waals surface area contributed by atoms with Gasteiger partial charge in [0.2, 0.25) is 5.91 Å². The van der Waals surface area contributed by atoms with Crippen molar-refractivity contribution in [2.75, 3.05) is 11.1 Å². The lowest BCUT2D eigenvalue weighted by atomic mass is 10.0. The van der Waals surface area contributed by atoms with Gasteiger partial charge in [0.25, 0.3) is 0 Å². The molecule has 1 amide bonds. The second kappa shape index (κ2) is 9.56. The number of carbonyl (C=O) groups excluding carboxylic acids is 2. The SMILES string of the molecule is Nc1ccc(F)c(CC(=O)c2cc(NC(=O)[C@H]3[C@H](c4ccc(Cl)c(Cl)c4)C3(Cl)Cl)ccc2Cl)c1. The molecule has 0 aromatic heterocycles. The van der Waals surface area contributed by atoms with Gasteiger partial charge in [-0.05, 0) is 59.7 Å². The van der Waals surface area contributed by atoms with Gasteiger partial charge in [-0.2, -0.15) is 0 Å². The van der Waals surface area contributed by atoms with Crippen LogP contribution in [0, 0.1) is 11.7 Å². The third kappa shape index (κ3) is 5.00. The Morgan fingerprint density at radius 1 is 0.941 bits per heavy atom. The summed E-state index contributed by atoms with van der Waals surface area (Å²) in [4.78, 5) is 25.8. The maximum absolute atomic E-state index is 14.1. The first-order valence-electron chi connectivity index (χ1n) is 9.99. The van der Waals surface area contributed by atoms with Crippen molar-refractivity contribution in [3.8, 4) is 0 Å². The Hall–Kier alpha value is -2.02. The van der Waals surface area contributed by atoms with Gasteiger partial charge in [-0.25, -0.2) is 4.39 Å². The molecule has 1 aliphatic carbocycles. The molecule has 0 radical (unpaired) electrons. The van der Waals surface area contributed by atoms with Crippen LogP contribution in [-0.2, 0) is 11.2 Å². The molecule has 0 heterocycles.